The average molecular weight is 158 g/mol. The van der Waals surface area contributed by atoms with E-state index in [1.807, 2.05) is 0 Å². The molecule has 0 aromatic heterocycles. The summed E-state index contributed by atoms with van der Waals surface area (Å²) in [5.74, 6) is 0. The lowest BCUT2D eigenvalue weighted by Crippen LogP contribution is -2.37. The van der Waals surface area contributed by atoms with Gasteiger partial charge in [0.25, 0.3) is 0 Å². The molecule has 1 aliphatic heterocycles. The highest BCUT2D eigenvalue weighted by Gasteiger charge is 2.21. The molecule has 1 atom stereocenters. The van der Waals surface area contributed by atoms with Gasteiger partial charge >= 0.3 is 0 Å². The zero-order valence-corrected chi connectivity index (χ0v) is 7.25. The lowest BCUT2D eigenvalue weighted by molar-refractivity contribution is 0.142. The van der Waals surface area contributed by atoms with Crippen LogP contribution in [0.4, 0.5) is 0 Å². The highest BCUT2D eigenvalue weighted by atomic mass is 16.5. The largest absolute Gasteiger partial charge is 0.383 e. The van der Waals surface area contributed by atoms with Gasteiger partial charge in [-0.25, -0.2) is 0 Å². The number of nitrogens with zero attached hydrogens (tertiary/aromatic N) is 1. The molecule has 1 heterocycles. The molecule has 0 aliphatic carbocycles. The van der Waals surface area contributed by atoms with Crippen molar-refractivity contribution in [1.82, 2.24) is 4.90 Å². The Morgan fingerprint density at radius 1 is 1.64 bits per heavy atom. The smallest absolute Gasteiger partial charge is 0.0589 e. The molecule has 11 heavy (non-hydrogen) atoms. The van der Waals surface area contributed by atoms with E-state index in [-0.39, 0.29) is 0 Å². The fraction of sp³-hybridized carbons (Fsp3) is 1.00. The van der Waals surface area contributed by atoms with Gasteiger partial charge < -0.3 is 10.5 Å². The van der Waals surface area contributed by atoms with E-state index in [1.165, 1.54) is 19.4 Å². The van der Waals surface area contributed by atoms with Gasteiger partial charge in [-0.05, 0) is 19.4 Å². The number of nitrogens with two attached hydrogens (primary N) is 1. The summed E-state index contributed by atoms with van der Waals surface area (Å²) in [6, 6.07) is 0.616. The molecule has 1 aliphatic rings. The molecule has 0 bridgehead atoms. The lowest BCUT2D eigenvalue weighted by atomic mass is 10.2. The number of ether oxygens (including phenoxy) is 1. The molecule has 1 fully saturated rings. The highest BCUT2D eigenvalue weighted by Crippen LogP contribution is 2.14. The van der Waals surface area contributed by atoms with Crippen molar-refractivity contribution in [1.29, 1.82) is 0 Å². The van der Waals surface area contributed by atoms with Crippen LogP contribution >= 0.6 is 0 Å². The van der Waals surface area contributed by atoms with Crippen LogP contribution in [0.15, 0.2) is 0 Å². The molecule has 1 unspecified atom stereocenters. The maximum absolute atomic E-state index is 5.61. The lowest BCUT2D eigenvalue weighted by Gasteiger charge is -2.22. The van der Waals surface area contributed by atoms with Crippen LogP contribution in [0.5, 0.6) is 0 Å². The summed E-state index contributed by atoms with van der Waals surface area (Å²) in [4.78, 5) is 2.42. The first-order chi connectivity index (χ1) is 5.38. The van der Waals surface area contributed by atoms with Crippen molar-refractivity contribution < 1.29 is 4.74 Å². The van der Waals surface area contributed by atoms with Crippen LogP contribution in [0.25, 0.3) is 0 Å². The standard InChI is InChI=1S/C8H18N2O/c1-11-6-5-10-4-2-3-8(10)7-9/h8H,2-7,9H2,1H3. The van der Waals surface area contributed by atoms with Crippen LogP contribution in [0.3, 0.4) is 0 Å². The summed E-state index contributed by atoms with van der Waals surface area (Å²) in [6.07, 6.45) is 2.56. The molecule has 0 saturated carbocycles. The molecule has 0 aromatic rings. The van der Waals surface area contributed by atoms with Crippen molar-refractivity contribution in [3.63, 3.8) is 0 Å². The first kappa shape index (κ1) is 8.97. The van der Waals surface area contributed by atoms with E-state index in [2.05, 4.69) is 4.90 Å². The molecule has 3 nitrogen and oxygen atoms in total. The monoisotopic (exact) mass is 158 g/mol. The predicted octanol–water partition coefficient (Wildman–Crippen LogP) is 0.0559. The molecule has 3 heteroatoms. The molecule has 0 radical (unpaired) electrons. The summed E-state index contributed by atoms with van der Waals surface area (Å²) < 4.78 is 5.01. The Morgan fingerprint density at radius 3 is 3.09 bits per heavy atom. The van der Waals surface area contributed by atoms with Gasteiger partial charge in [-0.1, -0.05) is 0 Å². The molecule has 0 spiro atoms. The van der Waals surface area contributed by atoms with E-state index in [0.29, 0.717) is 6.04 Å². The second kappa shape index (κ2) is 4.70. The average Bonchev–Trinajstić information content (AvgIpc) is 2.47. The van der Waals surface area contributed by atoms with Crippen molar-refractivity contribution >= 4 is 0 Å². The molecular formula is C8H18N2O. The summed E-state index contributed by atoms with van der Waals surface area (Å²) >= 11 is 0. The number of hydrogen-bond donors (Lipinski definition) is 1. The Balaban J connectivity index is 2.20. The molecule has 66 valence electrons. The van der Waals surface area contributed by atoms with Crippen LogP contribution in [-0.2, 0) is 4.74 Å². The summed E-state index contributed by atoms with van der Waals surface area (Å²) in [7, 11) is 1.74. The molecule has 1 rings (SSSR count). The van der Waals surface area contributed by atoms with Crippen molar-refractivity contribution in [2.24, 2.45) is 5.73 Å². The Morgan fingerprint density at radius 2 is 2.45 bits per heavy atom. The molecular weight excluding hydrogens is 140 g/mol. The first-order valence-electron chi connectivity index (χ1n) is 4.31. The summed E-state index contributed by atoms with van der Waals surface area (Å²) in [5.41, 5.74) is 5.61. The van der Waals surface area contributed by atoms with E-state index < -0.39 is 0 Å². The van der Waals surface area contributed by atoms with Gasteiger partial charge in [0.05, 0.1) is 6.61 Å². The van der Waals surface area contributed by atoms with Crippen LogP contribution in [-0.4, -0.2) is 44.3 Å². The third-order valence-corrected chi connectivity index (χ3v) is 2.35. The highest BCUT2D eigenvalue weighted by molar-refractivity contribution is 4.79. The maximum atomic E-state index is 5.61. The summed E-state index contributed by atoms with van der Waals surface area (Å²) in [6.45, 7) is 3.86. The van der Waals surface area contributed by atoms with Crippen molar-refractivity contribution in [3.8, 4) is 0 Å². The number of hydrogen-bond acceptors (Lipinski definition) is 3. The number of rotatable bonds is 4. The van der Waals surface area contributed by atoms with E-state index in [0.717, 1.165) is 19.7 Å². The maximum Gasteiger partial charge on any atom is 0.0589 e. The van der Waals surface area contributed by atoms with E-state index >= 15 is 0 Å². The normalized spacial score (nSPS) is 26.2. The van der Waals surface area contributed by atoms with Gasteiger partial charge in [-0.2, -0.15) is 0 Å². The topological polar surface area (TPSA) is 38.5 Å². The van der Waals surface area contributed by atoms with Gasteiger partial charge in [0.1, 0.15) is 0 Å². The minimum atomic E-state index is 0.616. The van der Waals surface area contributed by atoms with Crippen LogP contribution in [0.1, 0.15) is 12.8 Å². The zero-order valence-electron chi connectivity index (χ0n) is 7.25. The number of methoxy groups -OCH3 is 1. The fourth-order valence-corrected chi connectivity index (χ4v) is 1.66. The molecule has 0 amide bonds. The van der Waals surface area contributed by atoms with Gasteiger partial charge in [-0.3, -0.25) is 4.90 Å². The van der Waals surface area contributed by atoms with Gasteiger partial charge in [0.2, 0.25) is 0 Å². The molecule has 0 aromatic carbocycles. The van der Waals surface area contributed by atoms with Crippen LogP contribution in [0.2, 0.25) is 0 Å². The third-order valence-electron chi connectivity index (χ3n) is 2.35. The van der Waals surface area contributed by atoms with E-state index in [9.17, 15) is 0 Å². The second-order valence-corrected chi connectivity index (χ2v) is 3.06. The quantitative estimate of drug-likeness (QED) is 0.628. The van der Waals surface area contributed by atoms with Crippen molar-refractivity contribution in [3.05, 3.63) is 0 Å². The molecule has 2 N–H and O–H groups in total. The Bertz CT molecular complexity index is 108. The predicted molar refractivity (Wildman–Crippen MR) is 45.5 cm³/mol. The Kier molecular flexibility index (Phi) is 3.83. The van der Waals surface area contributed by atoms with Gasteiger partial charge in [0, 0.05) is 26.2 Å². The van der Waals surface area contributed by atoms with Crippen LogP contribution in [0, 0.1) is 0 Å². The van der Waals surface area contributed by atoms with E-state index in [1.54, 1.807) is 7.11 Å². The minimum Gasteiger partial charge on any atom is -0.383 e. The first-order valence-corrected chi connectivity index (χ1v) is 4.31. The van der Waals surface area contributed by atoms with Gasteiger partial charge in [-0.15, -0.1) is 0 Å². The second-order valence-electron chi connectivity index (χ2n) is 3.06. The Labute approximate surface area is 68.5 Å². The Hall–Kier alpha value is -0.120. The van der Waals surface area contributed by atoms with E-state index in [4.69, 9.17) is 10.5 Å². The van der Waals surface area contributed by atoms with Crippen LogP contribution < -0.4 is 5.73 Å². The zero-order chi connectivity index (χ0) is 8.10. The summed E-state index contributed by atoms with van der Waals surface area (Å²) in [5, 5.41) is 0. The third kappa shape index (κ3) is 2.43. The number of likely N-dealkylation sites (tertiary alicyclic amines) is 1. The van der Waals surface area contributed by atoms with Gasteiger partial charge in [0.15, 0.2) is 0 Å². The van der Waals surface area contributed by atoms with Crippen molar-refractivity contribution in [2.45, 2.75) is 18.9 Å². The molecule has 1 saturated heterocycles. The van der Waals surface area contributed by atoms with Crippen molar-refractivity contribution in [2.75, 3.05) is 33.4 Å². The SMILES string of the molecule is COCCN1CCCC1CN. The minimum absolute atomic E-state index is 0.616. The fourth-order valence-electron chi connectivity index (χ4n) is 1.66.